The minimum absolute atomic E-state index is 0.153. The van der Waals surface area contributed by atoms with Gasteiger partial charge in [-0.15, -0.1) is 0 Å². The lowest BCUT2D eigenvalue weighted by atomic mass is 10.1. The fraction of sp³-hybridized carbons (Fsp3) is 0.348. The highest BCUT2D eigenvalue weighted by Crippen LogP contribution is 2.23. The minimum Gasteiger partial charge on any atom is -0.459 e. The predicted molar refractivity (Wildman–Crippen MR) is 118 cm³/mol. The summed E-state index contributed by atoms with van der Waals surface area (Å²) in [7, 11) is 0. The number of hydrogen-bond acceptors (Lipinski definition) is 5. The van der Waals surface area contributed by atoms with E-state index in [1.165, 1.54) is 17.4 Å². The zero-order chi connectivity index (χ0) is 22.5. The van der Waals surface area contributed by atoms with Crippen LogP contribution in [0.25, 0.3) is 5.69 Å². The van der Waals surface area contributed by atoms with Crippen LogP contribution in [0.3, 0.4) is 0 Å². The van der Waals surface area contributed by atoms with Crippen LogP contribution in [0, 0.1) is 13.8 Å². The van der Waals surface area contributed by atoms with Crippen molar-refractivity contribution >= 4 is 17.6 Å². The zero-order valence-corrected chi connectivity index (χ0v) is 18.3. The van der Waals surface area contributed by atoms with Gasteiger partial charge >= 0.3 is 0 Å². The van der Waals surface area contributed by atoms with E-state index in [4.69, 9.17) is 9.15 Å². The van der Waals surface area contributed by atoms with E-state index in [9.17, 15) is 9.59 Å². The maximum Gasteiger partial charge on any atom is 0.292 e. The summed E-state index contributed by atoms with van der Waals surface area (Å²) in [5.41, 5.74) is 3.27. The SMILES string of the molecule is Cc1ccc(-n2ncc(C(=O)NCC[NH+]3CCOCC3)c2NC(=O)c2ccco2)cc1C. The Bertz CT molecular complexity index is 1080. The average Bonchev–Trinajstić information content (AvgIpc) is 3.47. The second-order valence-corrected chi connectivity index (χ2v) is 7.89. The van der Waals surface area contributed by atoms with E-state index in [1.807, 2.05) is 32.0 Å². The second-order valence-electron chi connectivity index (χ2n) is 7.89. The number of morpholine rings is 1. The van der Waals surface area contributed by atoms with E-state index in [-0.39, 0.29) is 11.7 Å². The molecule has 9 nitrogen and oxygen atoms in total. The molecule has 1 aliphatic rings. The van der Waals surface area contributed by atoms with E-state index in [0.717, 1.165) is 49.7 Å². The van der Waals surface area contributed by atoms with Crippen molar-refractivity contribution in [1.29, 1.82) is 0 Å². The molecule has 3 aromatic rings. The van der Waals surface area contributed by atoms with Crippen LogP contribution in [-0.2, 0) is 4.74 Å². The number of benzene rings is 1. The number of ether oxygens (including phenoxy) is 1. The lowest BCUT2D eigenvalue weighted by Crippen LogP contribution is -3.14. The highest BCUT2D eigenvalue weighted by Gasteiger charge is 2.23. The molecule has 168 valence electrons. The van der Waals surface area contributed by atoms with Crippen molar-refractivity contribution in [2.24, 2.45) is 0 Å². The van der Waals surface area contributed by atoms with Crippen LogP contribution in [-0.4, -0.2) is 61.0 Å². The molecule has 4 rings (SSSR count). The van der Waals surface area contributed by atoms with Gasteiger partial charge < -0.3 is 24.7 Å². The number of amides is 2. The molecule has 0 radical (unpaired) electrons. The summed E-state index contributed by atoms with van der Waals surface area (Å²) in [4.78, 5) is 27.0. The molecule has 0 aliphatic carbocycles. The molecule has 3 N–H and O–H groups in total. The third-order valence-electron chi connectivity index (χ3n) is 5.69. The highest BCUT2D eigenvalue weighted by atomic mass is 16.5. The van der Waals surface area contributed by atoms with Crippen LogP contribution in [0.15, 0.2) is 47.2 Å². The van der Waals surface area contributed by atoms with Gasteiger partial charge in [0.2, 0.25) is 0 Å². The van der Waals surface area contributed by atoms with Crippen molar-refractivity contribution < 1.29 is 23.6 Å². The quantitative estimate of drug-likeness (QED) is 0.510. The Labute approximate surface area is 186 Å². The Kier molecular flexibility index (Phi) is 6.67. The van der Waals surface area contributed by atoms with Gasteiger partial charge in [-0.1, -0.05) is 6.07 Å². The number of aryl methyl sites for hydroxylation is 2. The topological polar surface area (TPSA) is 103 Å². The molecule has 0 atom stereocenters. The number of carbonyl (C=O) groups excluding carboxylic acids is 2. The molecule has 0 saturated carbocycles. The number of nitrogens with zero attached hydrogens (tertiary/aromatic N) is 2. The zero-order valence-electron chi connectivity index (χ0n) is 18.3. The number of aromatic nitrogens is 2. The monoisotopic (exact) mass is 438 g/mol. The van der Waals surface area contributed by atoms with E-state index in [0.29, 0.717) is 17.9 Å². The van der Waals surface area contributed by atoms with Crippen LogP contribution < -0.4 is 15.5 Å². The van der Waals surface area contributed by atoms with Gasteiger partial charge in [0, 0.05) is 0 Å². The molecular formula is C23H28N5O4+. The van der Waals surface area contributed by atoms with E-state index < -0.39 is 5.91 Å². The van der Waals surface area contributed by atoms with Gasteiger partial charge in [0.25, 0.3) is 11.8 Å². The summed E-state index contributed by atoms with van der Waals surface area (Å²) in [6.45, 7) is 8.73. The Morgan fingerprint density at radius 3 is 2.66 bits per heavy atom. The fourth-order valence-electron chi connectivity index (χ4n) is 3.62. The highest BCUT2D eigenvalue weighted by molar-refractivity contribution is 6.07. The number of rotatable bonds is 7. The maximum absolute atomic E-state index is 13.0. The van der Waals surface area contributed by atoms with Crippen molar-refractivity contribution in [1.82, 2.24) is 15.1 Å². The number of quaternary nitrogens is 1. The van der Waals surface area contributed by atoms with Crippen LogP contribution >= 0.6 is 0 Å². The molecule has 0 spiro atoms. The summed E-state index contributed by atoms with van der Waals surface area (Å²) in [5.74, 6) is -0.291. The second kappa shape index (κ2) is 9.80. The maximum atomic E-state index is 13.0. The molecule has 2 amide bonds. The van der Waals surface area contributed by atoms with Crippen molar-refractivity contribution in [2.45, 2.75) is 13.8 Å². The first kappa shape index (κ1) is 21.8. The largest absolute Gasteiger partial charge is 0.459 e. The Hall–Kier alpha value is -3.43. The van der Waals surface area contributed by atoms with E-state index in [1.54, 1.807) is 16.8 Å². The summed E-state index contributed by atoms with van der Waals surface area (Å²) >= 11 is 0. The number of carbonyl (C=O) groups is 2. The minimum atomic E-state index is -0.451. The first-order valence-corrected chi connectivity index (χ1v) is 10.7. The van der Waals surface area contributed by atoms with Crippen molar-refractivity contribution in [3.05, 3.63) is 65.2 Å². The lowest BCUT2D eigenvalue weighted by molar-refractivity contribution is -0.906. The third kappa shape index (κ3) is 4.90. The Morgan fingerprint density at radius 2 is 1.94 bits per heavy atom. The van der Waals surface area contributed by atoms with Gasteiger partial charge in [0.1, 0.15) is 24.5 Å². The molecule has 2 aromatic heterocycles. The van der Waals surface area contributed by atoms with Gasteiger partial charge in [0.05, 0.1) is 44.5 Å². The van der Waals surface area contributed by atoms with Crippen LogP contribution in [0.2, 0.25) is 0 Å². The molecule has 0 unspecified atom stereocenters. The van der Waals surface area contributed by atoms with Gasteiger partial charge in [-0.3, -0.25) is 9.59 Å². The smallest absolute Gasteiger partial charge is 0.292 e. The number of hydrogen-bond donors (Lipinski definition) is 3. The molecule has 32 heavy (non-hydrogen) atoms. The fourth-order valence-corrected chi connectivity index (χ4v) is 3.62. The average molecular weight is 439 g/mol. The molecule has 9 heteroatoms. The number of anilines is 1. The number of furan rings is 1. The Balaban J connectivity index is 1.56. The molecule has 1 saturated heterocycles. The summed E-state index contributed by atoms with van der Waals surface area (Å²) < 4.78 is 12.1. The van der Waals surface area contributed by atoms with Crippen LogP contribution in [0.4, 0.5) is 5.82 Å². The van der Waals surface area contributed by atoms with Gasteiger partial charge in [0.15, 0.2) is 5.76 Å². The molecule has 1 aromatic carbocycles. The molecule has 1 fully saturated rings. The van der Waals surface area contributed by atoms with E-state index in [2.05, 4.69) is 15.7 Å². The standard InChI is InChI=1S/C23H27N5O4/c1-16-5-6-18(14-17(16)2)28-21(26-23(30)20-4-3-11-32-20)19(15-25-28)22(29)24-7-8-27-9-12-31-13-10-27/h3-6,11,14-15H,7-10,12-13H2,1-2H3,(H,24,29)(H,26,30)/p+1. The number of nitrogens with one attached hydrogen (secondary N) is 3. The van der Waals surface area contributed by atoms with Crippen molar-refractivity contribution in [3.8, 4) is 5.69 Å². The third-order valence-corrected chi connectivity index (χ3v) is 5.69. The Morgan fingerprint density at radius 1 is 1.12 bits per heavy atom. The predicted octanol–water partition coefficient (Wildman–Crippen LogP) is 0.979. The van der Waals surface area contributed by atoms with Crippen LogP contribution in [0.1, 0.15) is 32.0 Å². The molecular weight excluding hydrogens is 410 g/mol. The summed E-state index contributed by atoms with van der Waals surface area (Å²) in [6, 6.07) is 9.05. The van der Waals surface area contributed by atoms with Gasteiger partial charge in [-0.2, -0.15) is 5.10 Å². The van der Waals surface area contributed by atoms with Gasteiger partial charge in [-0.25, -0.2) is 4.68 Å². The summed E-state index contributed by atoms with van der Waals surface area (Å²) in [5, 5.41) is 10.2. The molecule has 1 aliphatic heterocycles. The van der Waals surface area contributed by atoms with Crippen molar-refractivity contribution in [3.63, 3.8) is 0 Å². The van der Waals surface area contributed by atoms with Crippen molar-refractivity contribution in [2.75, 3.05) is 44.7 Å². The summed E-state index contributed by atoms with van der Waals surface area (Å²) in [6.07, 6.45) is 2.90. The molecule has 0 bridgehead atoms. The molecule has 3 heterocycles. The first-order valence-electron chi connectivity index (χ1n) is 10.7. The lowest BCUT2D eigenvalue weighted by Gasteiger charge is -2.23. The first-order chi connectivity index (χ1) is 15.5. The van der Waals surface area contributed by atoms with E-state index >= 15 is 0 Å². The van der Waals surface area contributed by atoms with Gasteiger partial charge in [-0.05, 0) is 49.2 Å². The van der Waals surface area contributed by atoms with Crippen LogP contribution in [0.5, 0.6) is 0 Å². The normalized spacial score (nSPS) is 14.3.